The first-order valence-electron chi connectivity index (χ1n) is 7.03. The lowest BCUT2D eigenvalue weighted by molar-refractivity contribution is 0.0856. The summed E-state index contributed by atoms with van der Waals surface area (Å²) in [6.07, 6.45) is 3.97. The molecule has 0 amide bonds. The Morgan fingerprint density at radius 3 is 2.50 bits per heavy atom. The second-order valence-corrected chi connectivity index (χ2v) is 5.84. The van der Waals surface area contributed by atoms with Crippen molar-refractivity contribution < 1.29 is 0 Å². The summed E-state index contributed by atoms with van der Waals surface area (Å²) in [4.78, 5) is 2.70. The Labute approximate surface area is 102 Å². The number of nitrogens with zero attached hydrogens (tertiary/aromatic N) is 1. The van der Waals surface area contributed by atoms with Crippen LogP contribution in [0.4, 0.5) is 0 Å². The molecular weight excluding hydrogens is 196 g/mol. The first kappa shape index (κ1) is 14.0. The SMILES string of the molecule is CCNC1CCN(C(C)CC(C)C)C(C)C1. The van der Waals surface area contributed by atoms with Crippen LogP contribution in [0.1, 0.15) is 53.9 Å². The molecule has 1 saturated heterocycles. The molecule has 1 aliphatic heterocycles. The minimum atomic E-state index is 0.742. The topological polar surface area (TPSA) is 15.3 Å². The molecule has 0 aromatic heterocycles. The van der Waals surface area contributed by atoms with Crippen molar-refractivity contribution in [1.82, 2.24) is 10.2 Å². The molecule has 0 aromatic carbocycles. The van der Waals surface area contributed by atoms with Gasteiger partial charge < -0.3 is 5.32 Å². The van der Waals surface area contributed by atoms with Crippen LogP contribution in [0.5, 0.6) is 0 Å². The van der Waals surface area contributed by atoms with Gasteiger partial charge in [-0.05, 0) is 45.6 Å². The number of likely N-dealkylation sites (tertiary alicyclic amines) is 1. The van der Waals surface area contributed by atoms with Crippen molar-refractivity contribution in [1.29, 1.82) is 0 Å². The molecule has 0 spiro atoms. The van der Waals surface area contributed by atoms with Crippen LogP contribution in [0.2, 0.25) is 0 Å². The Morgan fingerprint density at radius 1 is 1.31 bits per heavy atom. The summed E-state index contributed by atoms with van der Waals surface area (Å²) >= 11 is 0. The first-order valence-corrected chi connectivity index (χ1v) is 7.03. The van der Waals surface area contributed by atoms with Crippen molar-refractivity contribution in [3.05, 3.63) is 0 Å². The molecule has 0 radical (unpaired) electrons. The molecule has 1 aliphatic rings. The minimum absolute atomic E-state index is 0.742. The molecule has 1 rings (SSSR count). The van der Waals surface area contributed by atoms with Crippen molar-refractivity contribution in [2.45, 2.75) is 72.0 Å². The maximum Gasteiger partial charge on any atom is 0.00939 e. The van der Waals surface area contributed by atoms with Gasteiger partial charge in [0.2, 0.25) is 0 Å². The van der Waals surface area contributed by atoms with Gasteiger partial charge >= 0.3 is 0 Å². The highest BCUT2D eigenvalue weighted by Crippen LogP contribution is 2.22. The van der Waals surface area contributed by atoms with E-state index in [0.29, 0.717) is 0 Å². The van der Waals surface area contributed by atoms with Crippen LogP contribution in [0.3, 0.4) is 0 Å². The molecule has 2 heteroatoms. The number of rotatable bonds is 5. The van der Waals surface area contributed by atoms with Gasteiger partial charge in [0.05, 0.1) is 0 Å². The van der Waals surface area contributed by atoms with Crippen LogP contribution >= 0.6 is 0 Å². The van der Waals surface area contributed by atoms with Crippen molar-refractivity contribution in [3.63, 3.8) is 0 Å². The average Bonchev–Trinajstić information content (AvgIpc) is 2.16. The van der Waals surface area contributed by atoms with E-state index in [9.17, 15) is 0 Å². The Balaban J connectivity index is 2.40. The van der Waals surface area contributed by atoms with Gasteiger partial charge in [-0.2, -0.15) is 0 Å². The average molecular weight is 226 g/mol. The normalized spacial score (nSPS) is 29.6. The molecule has 1 heterocycles. The molecular formula is C14H30N2. The van der Waals surface area contributed by atoms with Gasteiger partial charge in [-0.3, -0.25) is 4.90 Å². The third-order valence-corrected chi connectivity index (χ3v) is 3.80. The molecule has 3 atom stereocenters. The fourth-order valence-corrected chi connectivity index (χ4v) is 3.14. The van der Waals surface area contributed by atoms with E-state index in [0.717, 1.165) is 30.6 Å². The smallest absolute Gasteiger partial charge is 0.00939 e. The number of piperidine rings is 1. The molecule has 0 saturated carbocycles. The predicted octanol–water partition coefficient (Wildman–Crippen LogP) is 2.88. The zero-order chi connectivity index (χ0) is 12.1. The Kier molecular flexibility index (Phi) is 5.77. The summed E-state index contributed by atoms with van der Waals surface area (Å²) in [6.45, 7) is 14.0. The second-order valence-electron chi connectivity index (χ2n) is 5.84. The summed E-state index contributed by atoms with van der Waals surface area (Å²) in [6, 6.07) is 2.24. The summed E-state index contributed by atoms with van der Waals surface area (Å²) in [5, 5.41) is 3.59. The van der Waals surface area contributed by atoms with E-state index in [1.165, 1.54) is 25.8 Å². The summed E-state index contributed by atoms with van der Waals surface area (Å²) in [7, 11) is 0. The second kappa shape index (κ2) is 6.61. The lowest BCUT2D eigenvalue weighted by Crippen LogP contribution is -2.50. The summed E-state index contributed by atoms with van der Waals surface area (Å²) in [5.74, 6) is 0.814. The maximum atomic E-state index is 3.59. The van der Waals surface area contributed by atoms with Crippen LogP contribution in [-0.4, -0.2) is 36.1 Å². The van der Waals surface area contributed by atoms with E-state index in [1.54, 1.807) is 0 Å². The zero-order valence-electron chi connectivity index (χ0n) is 11.8. The van der Waals surface area contributed by atoms with Crippen LogP contribution in [0.25, 0.3) is 0 Å². The molecule has 2 nitrogen and oxygen atoms in total. The lowest BCUT2D eigenvalue weighted by atomic mass is 9.94. The number of hydrogen-bond acceptors (Lipinski definition) is 2. The van der Waals surface area contributed by atoms with Gasteiger partial charge in [0, 0.05) is 24.7 Å². The Morgan fingerprint density at radius 2 is 2.00 bits per heavy atom. The Bertz CT molecular complexity index is 191. The maximum absolute atomic E-state index is 3.59. The largest absolute Gasteiger partial charge is 0.314 e. The van der Waals surface area contributed by atoms with E-state index in [-0.39, 0.29) is 0 Å². The van der Waals surface area contributed by atoms with Crippen molar-refractivity contribution in [3.8, 4) is 0 Å². The molecule has 1 N–H and O–H groups in total. The van der Waals surface area contributed by atoms with E-state index < -0.39 is 0 Å². The monoisotopic (exact) mass is 226 g/mol. The van der Waals surface area contributed by atoms with Crippen molar-refractivity contribution in [2.24, 2.45) is 5.92 Å². The lowest BCUT2D eigenvalue weighted by Gasteiger charge is -2.42. The number of hydrogen-bond donors (Lipinski definition) is 1. The molecule has 16 heavy (non-hydrogen) atoms. The van der Waals surface area contributed by atoms with Crippen LogP contribution in [0.15, 0.2) is 0 Å². The number of nitrogens with one attached hydrogen (secondary N) is 1. The molecule has 0 aliphatic carbocycles. The molecule has 0 aromatic rings. The van der Waals surface area contributed by atoms with Gasteiger partial charge in [0.1, 0.15) is 0 Å². The molecule has 96 valence electrons. The van der Waals surface area contributed by atoms with E-state index >= 15 is 0 Å². The van der Waals surface area contributed by atoms with Crippen molar-refractivity contribution in [2.75, 3.05) is 13.1 Å². The third-order valence-electron chi connectivity index (χ3n) is 3.80. The summed E-state index contributed by atoms with van der Waals surface area (Å²) < 4.78 is 0. The molecule has 1 fully saturated rings. The Hall–Kier alpha value is -0.0800. The van der Waals surface area contributed by atoms with Crippen LogP contribution < -0.4 is 5.32 Å². The van der Waals surface area contributed by atoms with E-state index in [2.05, 4.69) is 44.8 Å². The first-order chi connectivity index (χ1) is 7.54. The van der Waals surface area contributed by atoms with Gasteiger partial charge in [-0.15, -0.1) is 0 Å². The fraction of sp³-hybridized carbons (Fsp3) is 1.00. The summed E-state index contributed by atoms with van der Waals surface area (Å²) in [5.41, 5.74) is 0. The van der Waals surface area contributed by atoms with E-state index in [1.807, 2.05) is 0 Å². The quantitative estimate of drug-likeness (QED) is 0.775. The highest BCUT2D eigenvalue weighted by molar-refractivity contribution is 4.85. The fourth-order valence-electron chi connectivity index (χ4n) is 3.14. The zero-order valence-corrected chi connectivity index (χ0v) is 11.8. The molecule has 0 bridgehead atoms. The van der Waals surface area contributed by atoms with Gasteiger partial charge in [-0.25, -0.2) is 0 Å². The standard InChI is InChI=1S/C14H30N2/c1-6-15-14-7-8-16(13(5)10-14)12(4)9-11(2)3/h11-15H,6-10H2,1-5H3. The third kappa shape index (κ3) is 4.06. The predicted molar refractivity (Wildman–Crippen MR) is 71.8 cm³/mol. The van der Waals surface area contributed by atoms with Crippen LogP contribution in [0, 0.1) is 5.92 Å². The van der Waals surface area contributed by atoms with Gasteiger partial charge in [0.15, 0.2) is 0 Å². The highest BCUT2D eigenvalue weighted by Gasteiger charge is 2.28. The van der Waals surface area contributed by atoms with Gasteiger partial charge in [-0.1, -0.05) is 20.8 Å². The minimum Gasteiger partial charge on any atom is -0.314 e. The van der Waals surface area contributed by atoms with Gasteiger partial charge in [0.25, 0.3) is 0 Å². The molecule has 3 unspecified atom stereocenters. The van der Waals surface area contributed by atoms with Crippen molar-refractivity contribution >= 4 is 0 Å². The van der Waals surface area contributed by atoms with Crippen LogP contribution in [-0.2, 0) is 0 Å². The highest BCUT2D eigenvalue weighted by atomic mass is 15.2. The van der Waals surface area contributed by atoms with E-state index in [4.69, 9.17) is 0 Å².